The van der Waals surface area contributed by atoms with Crippen molar-refractivity contribution in [1.29, 1.82) is 0 Å². The Morgan fingerprint density at radius 2 is 1.77 bits per heavy atom. The maximum absolute atomic E-state index is 15.2. The number of fused-ring (bicyclic) bond motifs is 1. The summed E-state index contributed by atoms with van der Waals surface area (Å²) in [4.78, 5) is 45.5. The minimum atomic E-state index is -3.98. The van der Waals surface area contributed by atoms with Gasteiger partial charge < -0.3 is 24.8 Å². The normalized spacial score (nSPS) is 16.6. The number of carboxylic acid groups (broad SMARTS) is 1. The maximum Gasteiger partial charge on any atom is 0.309 e. The fraction of sp³-hybridized carbons (Fsp3) is 0.368. The van der Waals surface area contributed by atoms with Crippen molar-refractivity contribution in [2.24, 2.45) is 11.8 Å². The molecule has 0 saturated carbocycles. The first-order chi connectivity index (χ1) is 24.6. The van der Waals surface area contributed by atoms with E-state index in [0.717, 1.165) is 10.8 Å². The number of likely N-dealkylation sites (tertiary alicyclic amines) is 1. The number of aliphatic carboxylic acids is 1. The molecule has 0 radical (unpaired) electrons. The summed E-state index contributed by atoms with van der Waals surface area (Å²) in [5.41, 5.74) is 1.27. The molecule has 3 aromatic carbocycles. The van der Waals surface area contributed by atoms with E-state index < -0.39 is 50.9 Å². The number of rotatable bonds is 13. The van der Waals surface area contributed by atoms with Gasteiger partial charge in [-0.1, -0.05) is 12.1 Å². The lowest BCUT2D eigenvalue weighted by atomic mass is 9.92. The van der Waals surface area contributed by atoms with E-state index in [-0.39, 0.29) is 35.2 Å². The van der Waals surface area contributed by atoms with Gasteiger partial charge in [-0.15, -0.1) is 0 Å². The molecule has 1 aliphatic rings. The molecule has 13 nitrogen and oxygen atoms in total. The molecule has 2 heterocycles. The molecular formula is C38H45N5O8S. The third-order valence-corrected chi connectivity index (χ3v) is 11.2. The third-order valence-electron chi connectivity index (χ3n) is 8.95. The number of sulfone groups is 1. The number of hydrogen-bond donors (Lipinski definition) is 3. The lowest BCUT2D eigenvalue weighted by Crippen LogP contribution is -2.47. The molecule has 5 rings (SSSR count). The molecule has 14 heteroatoms. The number of nitrogens with zero attached hydrogens (tertiary/aromatic N) is 3. The standard InChI is InChI=1S/C38H45N5O8S/c1-7-50-33-19-26(9-12-32(33)51-22(2)3)35(43(39)29-11-8-27-21-40-16-14-25(27)18-29)37(45)42-17-15-30(38(46)47)36(42)31-20-28(41-24(6)44)10-13-34(31)52(48,49)23(4)5/h8-14,16,18-23,30,35-36H,7,15,17,39H2,1-6H3,(H,41,44)(H,46,47). The molecule has 52 heavy (non-hydrogen) atoms. The number of pyridine rings is 1. The number of ether oxygens (including phenoxy) is 2. The molecular weight excluding hydrogens is 687 g/mol. The Bertz CT molecular complexity index is 2090. The fourth-order valence-corrected chi connectivity index (χ4v) is 7.80. The number of hydrazine groups is 1. The molecule has 3 atom stereocenters. The second-order valence-electron chi connectivity index (χ2n) is 13.3. The molecule has 0 aliphatic carbocycles. The third kappa shape index (κ3) is 7.82. The molecule has 1 aliphatic heterocycles. The minimum Gasteiger partial charge on any atom is -0.490 e. The predicted octanol–water partition coefficient (Wildman–Crippen LogP) is 5.66. The zero-order chi connectivity index (χ0) is 37.9. The fourth-order valence-electron chi connectivity index (χ4n) is 6.53. The summed E-state index contributed by atoms with van der Waals surface area (Å²) in [5, 5.41) is 15.3. The summed E-state index contributed by atoms with van der Waals surface area (Å²) in [6.45, 7) is 10.3. The number of anilines is 2. The summed E-state index contributed by atoms with van der Waals surface area (Å²) < 4.78 is 39.4. The van der Waals surface area contributed by atoms with Crippen LogP contribution in [0.4, 0.5) is 11.4 Å². The summed E-state index contributed by atoms with van der Waals surface area (Å²) in [5.74, 6) is 4.43. The first-order valence-corrected chi connectivity index (χ1v) is 18.7. The number of nitrogens with two attached hydrogens (primary N) is 1. The molecule has 4 aromatic rings. The Morgan fingerprint density at radius 3 is 2.42 bits per heavy atom. The van der Waals surface area contributed by atoms with E-state index in [1.54, 1.807) is 36.7 Å². The summed E-state index contributed by atoms with van der Waals surface area (Å²) in [6.07, 6.45) is 3.24. The summed E-state index contributed by atoms with van der Waals surface area (Å²) in [7, 11) is -3.98. The number of carbonyl (C=O) groups excluding carboxylic acids is 2. The van der Waals surface area contributed by atoms with Crippen molar-refractivity contribution in [2.45, 2.75) is 76.3 Å². The number of hydrogen-bond acceptors (Lipinski definition) is 10. The van der Waals surface area contributed by atoms with E-state index in [2.05, 4.69) is 10.3 Å². The van der Waals surface area contributed by atoms with Crippen LogP contribution in [0.3, 0.4) is 0 Å². The van der Waals surface area contributed by atoms with E-state index in [1.807, 2.05) is 39.0 Å². The van der Waals surface area contributed by atoms with Crippen LogP contribution in [-0.2, 0) is 24.2 Å². The quantitative estimate of drug-likeness (QED) is 0.114. The van der Waals surface area contributed by atoms with Crippen LogP contribution in [0.1, 0.15) is 71.2 Å². The van der Waals surface area contributed by atoms with E-state index in [9.17, 15) is 23.1 Å². The smallest absolute Gasteiger partial charge is 0.309 e. The van der Waals surface area contributed by atoms with Gasteiger partial charge in [0, 0.05) is 36.9 Å². The number of carbonyl (C=O) groups is 3. The molecule has 0 spiro atoms. The Balaban J connectivity index is 1.71. The zero-order valence-electron chi connectivity index (χ0n) is 30.1. The van der Waals surface area contributed by atoms with Gasteiger partial charge in [-0.2, -0.15) is 0 Å². The highest BCUT2D eigenvalue weighted by Crippen LogP contribution is 2.44. The van der Waals surface area contributed by atoms with Gasteiger partial charge in [0.1, 0.15) is 6.04 Å². The highest BCUT2D eigenvalue weighted by Gasteiger charge is 2.47. The number of carboxylic acids is 1. The van der Waals surface area contributed by atoms with E-state index in [1.165, 1.54) is 48.9 Å². The first kappa shape index (κ1) is 38.0. The number of aromatic nitrogens is 1. The van der Waals surface area contributed by atoms with Crippen LogP contribution in [0, 0.1) is 5.92 Å². The molecule has 1 saturated heterocycles. The SMILES string of the molecule is CCOc1cc(C(C(=O)N2CCC(C(=O)O)C2c2cc(NC(C)=O)ccc2S(=O)(=O)C(C)C)N(N)c2ccc3cnccc3c2)ccc1OC(C)C. The van der Waals surface area contributed by atoms with Gasteiger partial charge in [0.2, 0.25) is 5.91 Å². The summed E-state index contributed by atoms with van der Waals surface area (Å²) in [6, 6.07) is 14.1. The molecule has 3 unspecified atom stereocenters. The largest absolute Gasteiger partial charge is 0.490 e. The van der Waals surface area contributed by atoms with Crippen molar-refractivity contribution in [3.05, 3.63) is 84.2 Å². The molecule has 2 amide bonds. The van der Waals surface area contributed by atoms with Crippen LogP contribution in [0.5, 0.6) is 11.5 Å². The number of amides is 2. The van der Waals surface area contributed by atoms with Crippen LogP contribution in [-0.4, -0.2) is 65.7 Å². The maximum atomic E-state index is 15.2. The van der Waals surface area contributed by atoms with Gasteiger partial charge in [-0.05, 0) is 106 Å². The van der Waals surface area contributed by atoms with Gasteiger partial charge in [0.05, 0.1) is 40.5 Å². The molecule has 4 N–H and O–H groups in total. The second kappa shape index (κ2) is 15.6. The van der Waals surface area contributed by atoms with Gasteiger partial charge in [-0.25, -0.2) is 14.3 Å². The van der Waals surface area contributed by atoms with Crippen LogP contribution in [0.15, 0.2) is 78.0 Å². The predicted molar refractivity (Wildman–Crippen MR) is 198 cm³/mol. The van der Waals surface area contributed by atoms with Gasteiger partial charge in [0.15, 0.2) is 21.3 Å². The van der Waals surface area contributed by atoms with Crippen molar-refractivity contribution in [3.8, 4) is 11.5 Å². The van der Waals surface area contributed by atoms with Crippen LogP contribution in [0.25, 0.3) is 10.8 Å². The Morgan fingerprint density at radius 1 is 1.02 bits per heavy atom. The van der Waals surface area contributed by atoms with E-state index in [0.29, 0.717) is 29.4 Å². The van der Waals surface area contributed by atoms with Crippen LogP contribution in [0.2, 0.25) is 0 Å². The average molecular weight is 732 g/mol. The Hall–Kier alpha value is -5.21. The number of benzene rings is 3. The van der Waals surface area contributed by atoms with E-state index in [4.69, 9.17) is 15.3 Å². The van der Waals surface area contributed by atoms with Crippen molar-refractivity contribution < 1.29 is 37.4 Å². The highest BCUT2D eigenvalue weighted by molar-refractivity contribution is 7.92. The van der Waals surface area contributed by atoms with Gasteiger partial charge in [-0.3, -0.25) is 24.4 Å². The lowest BCUT2D eigenvalue weighted by Gasteiger charge is -2.36. The van der Waals surface area contributed by atoms with Crippen molar-refractivity contribution in [3.63, 3.8) is 0 Å². The van der Waals surface area contributed by atoms with Crippen LogP contribution < -0.4 is 25.6 Å². The van der Waals surface area contributed by atoms with Crippen molar-refractivity contribution in [1.82, 2.24) is 9.88 Å². The molecule has 0 bridgehead atoms. The van der Waals surface area contributed by atoms with E-state index >= 15 is 4.79 Å². The monoisotopic (exact) mass is 731 g/mol. The van der Waals surface area contributed by atoms with Crippen molar-refractivity contribution in [2.75, 3.05) is 23.5 Å². The highest BCUT2D eigenvalue weighted by atomic mass is 32.2. The average Bonchev–Trinajstić information content (AvgIpc) is 3.54. The second-order valence-corrected chi connectivity index (χ2v) is 15.7. The summed E-state index contributed by atoms with van der Waals surface area (Å²) >= 11 is 0. The molecule has 1 fully saturated rings. The van der Waals surface area contributed by atoms with Gasteiger partial charge >= 0.3 is 5.97 Å². The molecule has 1 aromatic heterocycles. The van der Waals surface area contributed by atoms with Gasteiger partial charge in [0.25, 0.3) is 5.91 Å². The zero-order valence-corrected chi connectivity index (χ0v) is 30.9. The number of nitrogens with one attached hydrogen (secondary N) is 1. The van der Waals surface area contributed by atoms with Crippen molar-refractivity contribution >= 4 is 49.8 Å². The Labute approximate surface area is 303 Å². The Kier molecular flexibility index (Phi) is 11.4. The first-order valence-electron chi connectivity index (χ1n) is 17.1. The van der Waals surface area contributed by atoms with Crippen LogP contribution >= 0.6 is 0 Å². The topological polar surface area (TPSA) is 181 Å². The minimum absolute atomic E-state index is 0.00735. The molecule has 276 valence electrons. The lowest BCUT2D eigenvalue weighted by molar-refractivity contribution is -0.143.